The average molecular weight is 311 g/mol. The number of rotatable bonds is 10. The van der Waals surface area contributed by atoms with Gasteiger partial charge in [-0.05, 0) is 26.7 Å². The van der Waals surface area contributed by atoms with Gasteiger partial charge in [0.25, 0.3) is 0 Å². The lowest BCUT2D eigenvalue weighted by Gasteiger charge is -2.10. The number of guanidine groups is 1. The first-order chi connectivity index (χ1) is 10.3. The van der Waals surface area contributed by atoms with Crippen LogP contribution in [0.25, 0.3) is 0 Å². The van der Waals surface area contributed by atoms with Gasteiger partial charge in [0.15, 0.2) is 5.96 Å². The minimum Gasteiger partial charge on any atom is -0.357 e. The first kappa shape index (κ1) is 18.0. The normalized spacial score (nSPS) is 11.7. The maximum atomic E-state index is 4.62. The molecule has 0 unspecified atom stereocenters. The number of aryl methyl sites for hydroxylation is 2. The Balaban J connectivity index is 2.20. The fourth-order valence-corrected chi connectivity index (χ4v) is 2.86. The van der Waals surface area contributed by atoms with Crippen molar-refractivity contribution in [3.8, 4) is 0 Å². The summed E-state index contributed by atoms with van der Waals surface area (Å²) in [7, 11) is 0. The maximum absolute atomic E-state index is 4.62. The van der Waals surface area contributed by atoms with Crippen LogP contribution in [0.1, 0.15) is 56.7 Å². The van der Waals surface area contributed by atoms with Crippen LogP contribution < -0.4 is 10.6 Å². The van der Waals surface area contributed by atoms with Gasteiger partial charge in [0.2, 0.25) is 0 Å². The van der Waals surface area contributed by atoms with E-state index in [1.54, 1.807) is 11.3 Å². The molecular weight excluding hydrogens is 280 g/mol. The van der Waals surface area contributed by atoms with Crippen molar-refractivity contribution in [1.82, 2.24) is 15.6 Å². The fraction of sp³-hybridized carbons (Fsp3) is 0.750. The van der Waals surface area contributed by atoms with Gasteiger partial charge in [-0.2, -0.15) is 0 Å². The van der Waals surface area contributed by atoms with E-state index in [0.29, 0.717) is 0 Å². The summed E-state index contributed by atoms with van der Waals surface area (Å²) in [4.78, 5) is 9.11. The summed E-state index contributed by atoms with van der Waals surface area (Å²) in [6, 6.07) is 0. The molecule has 0 fully saturated rings. The lowest BCUT2D eigenvalue weighted by molar-refractivity contribution is 0.646. The Morgan fingerprint density at radius 1 is 1.19 bits per heavy atom. The van der Waals surface area contributed by atoms with Gasteiger partial charge in [-0.15, -0.1) is 11.3 Å². The van der Waals surface area contributed by atoms with Gasteiger partial charge in [-0.25, -0.2) is 4.98 Å². The summed E-state index contributed by atoms with van der Waals surface area (Å²) in [5, 5.41) is 10.0. The number of hydrogen-bond donors (Lipinski definition) is 2. The fourth-order valence-electron chi connectivity index (χ4n) is 2.04. The highest BCUT2D eigenvalue weighted by molar-refractivity contribution is 7.09. The second kappa shape index (κ2) is 11.5. The predicted molar refractivity (Wildman–Crippen MR) is 93.3 cm³/mol. The number of aromatic nitrogens is 1. The Labute approximate surface area is 133 Å². The lowest BCUT2D eigenvalue weighted by Crippen LogP contribution is -2.37. The molecule has 120 valence electrons. The second-order valence-electron chi connectivity index (χ2n) is 5.23. The van der Waals surface area contributed by atoms with Crippen molar-refractivity contribution in [1.29, 1.82) is 0 Å². The Kier molecular flexibility index (Phi) is 9.87. The van der Waals surface area contributed by atoms with Gasteiger partial charge in [-0.3, -0.25) is 4.99 Å². The quantitative estimate of drug-likeness (QED) is 0.395. The minimum absolute atomic E-state index is 0.850. The van der Waals surface area contributed by atoms with Crippen LogP contribution in [0.5, 0.6) is 0 Å². The molecule has 0 aliphatic rings. The van der Waals surface area contributed by atoms with E-state index in [4.69, 9.17) is 0 Å². The van der Waals surface area contributed by atoms with E-state index in [0.717, 1.165) is 44.1 Å². The molecule has 0 saturated carbocycles. The molecule has 1 aromatic rings. The third-order valence-electron chi connectivity index (χ3n) is 3.15. The van der Waals surface area contributed by atoms with Crippen molar-refractivity contribution in [3.63, 3.8) is 0 Å². The molecule has 5 heteroatoms. The molecule has 0 radical (unpaired) electrons. The first-order valence-corrected chi connectivity index (χ1v) is 9.07. The Bertz CT molecular complexity index is 401. The summed E-state index contributed by atoms with van der Waals surface area (Å²) >= 11 is 1.75. The molecule has 0 atom stereocenters. The van der Waals surface area contributed by atoms with Gasteiger partial charge in [-0.1, -0.05) is 26.2 Å². The van der Waals surface area contributed by atoms with Gasteiger partial charge in [0, 0.05) is 37.1 Å². The van der Waals surface area contributed by atoms with Crippen LogP contribution in [0.3, 0.4) is 0 Å². The second-order valence-corrected chi connectivity index (χ2v) is 6.18. The maximum Gasteiger partial charge on any atom is 0.191 e. The first-order valence-electron chi connectivity index (χ1n) is 8.19. The van der Waals surface area contributed by atoms with Crippen molar-refractivity contribution in [2.45, 2.75) is 59.3 Å². The molecule has 1 aromatic heterocycles. The zero-order chi connectivity index (χ0) is 15.3. The monoisotopic (exact) mass is 310 g/mol. The summed E-state index contributed by atoms with van der Waals surface area (Å²) in [6.45, 7) is 9.16. The Hall–Kier alpha value is -1.10. The van der Waals surface area contributed by atoms with Gasteiger partial charge >= 0.3 is 0 Å². The van der Waals surface area contributed by atoms with E-state index in [9.17, 15) is 0 Å². The van der Waals surface area contributed by atoms with Crippen LogP contribution in [-0.4, -0.2) is 30.6 Å². The Morgan fingerprint density at radius 2 is 2.05 bits per heavy atom. The third-order valence-corrected chi connectivity index (χ3v) is 4.18. The molecule has 1 heterocycles. The van der Waals surface area contributed by atoms with Crippen molar-refractivity contribution in [3.05, 3.63) is 16.1 Å². The number of unbranched alkanes of at least 4 members (excludes halogenated alkanes) is 3. The molecule has 0 aromatic carbocycles. The molecular formula is C16H30N4S. The van der Waals surface area contributed by atoms with Gasteiger partial charge < -0.3 is 10.6 Å². The largest absolute Gasteiger partial charge is 0.357 e. The van der Waals surface area contributed by atoms with Crippen molar-refractivity contribution >= 4 is 17.3 Å². The van der Waals surface area contributed by atoms with Crippen LogP contribution in [-0.2, 0) is 6.42 Å². The van der Waals surface area contributed by atoms with Gasteiger partial charge in [0.1, 0.15) is 0 Å². The number of nitrogens with zero attached hydrogens (tertiary/aromatic N) is 2. The molecule has 0 bridgehead atoms. The molecule has 0 saturated heterocycles. The van der Waals surface area contributed by atoms with E-state index >= 15 is 0 Å². The number of hydrogen-bond acceptors (Lipinski definition) is 3. The Morgan fingerprint density at radius 3 is 2.71 bits per heavy atom. The zero-order valence-electron chi connectivity index (χ0n) is 13.7. The lowest BCUT2D eigenvalue weighted by atomic mass is 10.2. The van der Waals surface area contributed by atoms with Gasteiger partial charge in [0.05, 0.1) is 5.01 Å². The highest BCUT2D eigenvalue weighted by Crippen LogP contribution is 2.10. The molecule has 1 rings (SSSR count). The smallest absolute Gasteiger partial charge is 0.191 e. The van der Waals surface area contributed by atoms with Crippen LogP contribution in [0.2, 0.25) is 0 Å². The van der Waals surface area contributed by atoms with Crippen LogP contribution in [0.4, 0.5) is 0 Å². The summed E-state index contributed by atoms with van der Waals surface area (Å²) < 4.78 is 0. The van der Waals surface area contributed by atoms with E-state index in [1.807, 2.05) is 6.92 Å². The van der Waals surface area contributed by atoms with Crippen LogP contribution in [0, 0.1) is 6.92 Å². The molecule has 0 aliphatic carbocycles. The summed E-state index contributed by atoms with van der Waals surface area (Å²) in [5.74, 6) is 0.948. The molecule has 2 N–H and O–H groups in total. The van der Waals surface area contributed by atoms with Crippen molar-refractivity contribution < 1.29 is 0 Å². The number of aliphatic imine (C=N–C) groups is 1. The standard InChI is InChI=1S/C16H30N4S/c1-4-6-7-8-11-18-16(17-5-2)19-12-9-10-15-20-14(3)13-21-15/h13H,4-12H2,1-3H3,(H2,17,18,19). The van der Waals surface area contributed by atoms with E-state index in [1.165, 1.54) is 30.7 Å². The number of nitrogens with one attached hydrogen (secondary N) is 2. The predicted octanol–water partition coefficient (Wildman–Crippen LogP) is 3.52. The highest BCUT2D eigenvalue weighted by atomic mass is 32.1. The van der Waals surface area contributed by atoms with E-state index in [-0.39, 0.29) is 0 Å². The molecule has 4 nitrogen and oxygen atoms in total. The summed E-state index contributed by atoms with van der Waals surface area (Å²) in [6.07, 6.45) is 7.20. The average Bonchev–Trinajstić information content (AvgIpc) is 2.88. The zero-order valence-corrected chi connectivity index (χ0v) is 14.6. The van der Waals surface area contributed by atoms with Crippen LogP contribution >= 0.6 is 11.3 Å². The van der Waals surface area contributed by atoms with Crippen molar-refractivity contribution in [2.75, 3.05) is 19.6 Å². The topological polar surface area (TPSA) is 49.3 Å². The van der Waals surface area contributed by atoms with E-state index in [2.05, 4.69) is 39.8 Å². The van der Waals surface area contributed by atoms with E-state index < -0.39 is 0 Å². The minimum atomic E-state index is 0.850. The van der Waals surface area contributed by atoms with Crippen LogP contribution in [0.15, 0.2) is 10.4 Å². The molecule has 0 spiro atoms. The molecule has 21 heavy (non-hydrogen) atoms. The molecule has 0 amide bonds. The summed E-state index contributed by atoms with van der Waals surface area (Å²) in [5.41, 5.74) is 1.13. The molecule has 0 aliphatic heterocycles. The third kappa shape index (κ3) is 8.71. The number of thiazole rings is 1. The highest BCUT2D eigenvalue weighted by Gasteiger charge is 1.99. The SMILES string of the molecule is CCCCCCNC(=NCCCc1nc(C)cs1)NCC. The van der Waals surface area contributed by atoms with Crippen molar-refractivity contribution in [2.24, 2.45) is 4.99 Å².